The van der Waals surface area contributed by atoms with Crippen molar-refractivity contribution in [2.45, 2.75) is 19.6 Å². The summed E-state index contributed by atoms with van der Waals surface area (Å²) in [5, 5.41) is 5.09. The fourth-order valence-electron chi connectivity index (χ4n) is 2.04. The molecular weight excluding hydrogens is 322 g/mol. The number of nitrogens with one attached hydrogen (secondary N) is 2. The van der Waals surface area contributed by atoms with Crippen LogP contribution in [0.5, 0.6) is 0 Å². The highest BCUT2D eigenvalue weighted by Crippen LogP contribution is 2.11. The zero-order valence-electron chi connectivity index (χ0n) is 13.7. The summed E-state index contributed by atoms with van der Waals surface area (Å²) in [4.78, 5) is 34.8. The first kappa shape index (κ1) is 18.0. The fourth-order valence-corrected chi connectivity index (χ4v) is 2.04. The average Bonchev–Trinajstić information content (AvgIpc) is 2.60. The highest BCUT2D eigenvalue weighted by atomic mass is 16.5. The number of anilines is 1. The largest absolute Gasteiger partial charge is 0.449 e. The molecule has 0 bridgehead atoms. The van der Waals surface area contributed by atoms with Crippen LogP contribution in [0.2, 0.25) is 0 Å². The Kier molecular flexibility index (Phi) is 6.11. The number of hydrogen-bond donors (Lipinski definition) is 3. The maximum absolute atomic E-state index is 12.1. The molecule has 2 rings (SSSR count). The van der Waals surface area contributed by atoms with Gasteiger partial charge >= 0.3 is 12.0 Å². The highest BCUT2D eigenvalue weighted by Gasteiger charge is 2.18. The molecule has 7 heteroatoms. The van der Waals surface area contributed by atoms with Crippen LogP contribution in [0, 0.1) is 0 Å². The number of benzene rings is 2. The van der Waals surface area contributed by atoms with Gasteiger partial charge in [0.1, 0.15) is 0 Å². The number of urea groups is 1. The average molecular weight is 341 g/mol. The molecular formula is C18H19N3O4. The quantitative estimate of drug-likeness (QED) is 0.698. The van der Waals surface area contributed by atoms with Crippen molar-refractivity contribution in [1.29, 1.82) is 0 Å². The van der Waals surface area contributed by atoms with Crippen LogP contribution in [0.3, 0.4) is 0 Å². The lowest BCUT2D eigenvalue weighted by Gasteiger charge is -2.14. The minimum Gasteiger partial charge on any atom is -0.449 e. The van der Waals surface area contributed by atoms with Crippen molar-refractivity contribution in [1.82, 2.24) is 5.32 Å². The number of esters is 1. The molecule has 7 nitrogen and oxygen atoms in total. The van der Waals surface area contributed by atoms with Crippen LogP contribution in [0.15, 0.2) is 54.6 Å². The first-order chi connectivity index (χ1) is 12.0. The van der Waals surface area contributed by atoms with E-state index in [2.05, 4.69) is 10.6 Å². The number of carbonyl (C=O) groups excluding carboxylic acids is 3. The molecule has 1 atom stereocenters. The van der Waals surface area contributed by atoms with Crippen LogP contribution in [0.25, 0.3) is 0 Å². The van der Waals surface area contributed by atoms with E-state index in [0.29, 0.717) is 12.2 Å². The van der Waals surface area contributed by atoms with Gasteiger partial charge in [-0.1, -0.05) is 30.3 Å². The summed E-state index contributed by atoms with van der Waals surface area (Å²) in [5.74, 6) is -1.02. The van der Waals surface area contributed by atoms with Gasteiger partial charge in [0, 0.05) is 12.2 Å². The molecule has 130 valence electrons. The topological polar surface area (TPSA) is 111 Å². The van der Waals surface area contributed by atoms with E-state index in [4.69, 9.17) is 10.5 Å². The van der Waals surface area contributed by atoms with E-state index in [1.165, 1.54) is 31.2 Å². The van der Waals surface area contributed by atoms with Gasteiger partial charge in [0.2, 0.25) is 0 Å². The number of primary amides is 1. The summed E-state index contributed by atoms with van der Waals surface area (Å²) in [5.41, 5.74) is 6.67. The number of amides is 3. The van der Waals surface area contributed by atoms with Gasteiger partial charge in [-0.15, -0.1) is 0 Å². The summed E-state index contributed by atoms with van der Waals surface area (Å²) in [6.07, 6.45) is -0.931. The predicted molar refractivity (Wildman–Crippen MR) is 92.8 cm³/mol. The smallest absolute Gasteiger partial charge is 0.338 e. The van der Waals surface area contributed by atoms with Gasteiger partial charge in [0.15, 0.2) is 6.10 Å². The van der Waals surface area contributed by atoms with Gasteiger partial charge in [-0.05, 0) is 36.8 Å². The van der Waals surface area contributed by atoms with Gasteiger partial charge < -0.3 is 21.1 Å². The van der Waals surface area contributed by atoms with Crippen molar-refractivity contribution in [3.63, 3.8) is 0 Å². The van der Waals surface area contributed by atoms with Crippen LogP contribution in [-0.2, 0) is 16.1 Å². The third-order valence-corrected chi connectivity index (χ3v) is 3.35. The van der Waals surface area contributed by atoms with E-state index in [1.54, 1.807) is 0 Å². The summed E-state index contributed by atoms with van der Waals surface area (Å²) in [6, 6.07) is 14.7. The molecule has 0 spiro atoms. The zero-order chi connectivity index (χ0) is 18.2. The van der Waals surface area contributed by atoms with E-state index in [1.807, 2.05) is 30.3 Å². The first-order valence-corrected chi connectivity index (χ1v) is 7.65. The Hall–Kier alpha value is -3.35. The van der Waals surface area contributed by atoms with Crippen LogP contribution in [-0.4, -0.2) is 24.0 Å². The molecule has 1 unspecified atom stereocenters. The Morgan fingerprint density at radius 3 is 2.28 bits per heavy atom. The molecule has 0 saturated heterocycles. The van der Waals surface area contributed by atoms with Crippen molar-refractivity contribution in [3.05, 3.63) is 65.7 Å². The number of rotatable bonds is 6. The van der Waals surface area contributed by atoms with Crippen LogP contribution >= 0.6 is 0 Å². The van der Waals surface area contributed by atoms with Crippen LogP contribution in [0.1, 0.15) is 22.8 Å². The second kappa shape index (κ2) is 8.49. The Bertz CT molecular complexity index is 745. The maximum Gasteiger partial charge on any atom is 0.338 e. The number of ether oxygens (including phenoxy) is 1. The first-order valence-electron chi connectivity index (χ1n) is 7.65. The molecule has 0 aliphatic rings. The molecule has 0 aromatic heterocycles. The predicted octanol–water partition coefficient (Wildman–Crippen LogP) is 2.04. The van der Waals surface area contributed by atoms with Crippen molar-refractivity contribution in [2.24, 2.45) is 5.73 Å². The molecule has 0 fully saturated rings. The third kappa shape index (κ3) is 5.65. The van der Waals surface area contributed by atoms with Gasteiger partial charge in [-0.25, -0.2) is 9.59 Å². The van der Waals surface area contributed by atoms with Gasteiger partial charge in [-0.2, -0.15) is 0 Å². The van der Waals surface area contributed by atoms with E-state index < -0.39 is 18.1 Å². The Labute approximate surface area is 145 Å². The molecule has 0 aliphatic heterocycles. The molecule has 3 amide bonds. The molecule has 0 aliphatic carbocycles. The van der Waals surface area contributed by atoms with E-state index >= 15 is 0 Å². The van der Waals surface area contributed by atoms with Crippen LogP contribution < -0.4 is 16.4 Å². The standard InChI is InChI=1S/C18H19N3O4/c1-12(16(22)20-11-13-5-3-2-4-6-13)25-17(23)14-7-9-15(10-8-14)21-18(19)24/h2-10,12H,11H2,1H3,(H,20,22)(H3,19,21,24). The van der Waals surface area contributed by atoms with Crippen molar-refractivity contribution in [2.75, 3.05) is 5.32 Å². The van der Waals surface area contributed by atoms with Crippen molar-refractivity contribution >= 4 is 23.6 Å². The molecule has 2 aromatic rings. The van der Waals surface area contributed by atoms with Gasteiger partial charge in [0.05, 0.1) is 5.56 Å². The SMILES string of the molecule is CC(OC(=O)c1ccc(NC(N)=O)cc1)C(=O)NCc1ccccc1. The highest BCUT2D eigenvalue weighted by molar-refractivity contribution is 5.93. The Morgan fingerprint density at radius 2 is 1.68 bits per heavy atom. The second-order valence-corrected chi connectivity index (χ2v) is 5.32. The molecule has 2 aromatic carbocycles. The minimum absolute atomic E-state index is 0.262. The minimum atomic E-state index is -0.931. The lowest BCUT2D eigenvalue weighted by Crippen LogP contribution is -2.35. The Balaban J connectivity index is 1.86. The summed E-state index contributed by atoms with van der Waals surface area (Å²) < 4.78 is 5.14. The molecule has 0 saturated carbocycles. The summed E-state index contributed by atoms with van der Waals surface area (Å²) in [6.45, 7) is 1.86. The second-order valence-electron chi connectivity index (χ2n) is 5.32. The normalized spacial score (nSPS) is 11.2. The van der Waals surface area contributed by atoms with E-state index in [0.717, 1.165) is 5.56 Å². The van der Waals surface area contributed by atoms with Crippen LogP contribution in [0.4, 0.5) is 10.5 Å². The van der Waals surface area contributed by atoms with Gasteiger partial charge in [-0.3, -0.25) is 4.79 Å². The van der Waals surface area contributed by atoms with E-state index in [-0.39, 0.29) is 11.5 Å². The Morgan fingerprint density at radius 1 is 1.04 bits per heavy atom. The number of carbonyl (C=O) groups is 3. The molecule has 0 heterocycles. The summed E-state index contributed by atoms with van der Waals surface area (Å²) >= 11 is 0. The van der Waals surface area contributed by atoms with E-state index in [9.17, 15) is 14.4 Å². The maximum atomic E-state index is 12.1. The lowest BCUT2D eigenvalue weighted by atomic mass is 10.2. The van der Waals surface area contributed by atoms with Gasteiger partial charge in [0.25, 0.3) is 5.91 Å². The number of hydrogen-bond acceptors (Lipinski definition) is 4. The molecule has 4 N–H and O–H groups in total. The lowest BCUT2D eigenvalue weighted by molar-refractivity contribution is -0.129. The summed E-state index contributed by atoms with van der Waals surface area (Å²) in [7, 11) is 0. The monoisotopic (exact) mass is 341 g/mol. The molecule has 25 heavy (non-hydrogen) atoms. The molecule has 0 radical (unpaired) electrons. The van der Waals surface area contributed by atoms with Crippen molar-refractivity contribution in [3.8, 4) is 0 Å². The van der Waals surface area contributed by atoms with Crippen molar-refractivity contribution < 1.29 is 19.1 Å². The zero-order valence-corrected chi connectivity index (χ0v) is 13.7. The fraction of sp³-hybridized carbons (Fsp3) is 0.167. The number of nitrogens with two attached hydrogens (primary N) is 1. The third-order valence-electron chi connectivity index (χ3n) is 3.35.